The van der Waals surface area contributed by atoms with Crippen LogP contribution < -0.4 is 5.73 Å². The molecule has 2 N–H and O–H groups in total. The first-order chi connectivity index (χ1) is 5.74. The van der Waals surface area contributed by atoms with Crippen molar-refractivity contribution in [3.63, 3.8) is 0 Å². The van der Waals surface area contributed by atoms with Crippen molar-refractivity contribution < 1.29 is 0 Å². The number of nitrogens with two attached hydrogens (primary N) is 1. The van der Waals surface area contributed by atoms with Gasteiger partial charge < -0.3 is 5.73 Å². The Balaban J connectivity index is 2.69. The Morgan fingerprint density at radius 2 is 2.33 bits per heavy atom. The second-order valence-electron chi connectivity index (χ2n) is 2.62. The Bertz CT molecular complexity index is 262. The molecule has 1 heterocycles. The summed E-state index contributed by atoms with van der Waals surface area (Å²) in [5, 5.41) is 0. The fourth-order valence-electron chi connectivity index (χ4n) is 0.874. The average Bonchev–Trinajstić information content (AvgIpc) is 2.07. The molecule has 1 aromatic rings. The second kappa shape index (κ2) is 4.40. The van der Waals surface area contributed by atoms with Gasteiger partial charge in [0.15, 0.2) is 0 Å². The quantitative estimate of drug-likeness (QED) is 0.865. The summed E-state index contributed by atoms with van der Waals surface area (Å²) < 4.78 is 0.766. The van der Waals surface area contributed by atoms with E-state index in [-0.39, 0.29) is 0 Å². The van der Waals surface area contributed by atoms with Gasteiger partial charge in [-0.15, -0.1) is 0 Å². The van der Waals surface area contributed by atoms with Gasteiger partial charge in [-0.25, -0.2) is 9.97 Å². The molecule has 0 unspecified atom stereocenters. The second-order valence-corrected chi connectivity index (χ2v) is 3.48. The molecule has 0 aliphatic heterocycles. The number of aromatic nitrogens is 2. The lowest BCUT2D eigenvalue weighted by molar-refractivity contribution is 0.752. The van der Waals surface area contributed by atoms with Crippen LogP contribution in [0, 0.1) is 0 Å². The Labute approximate surface area is 80.5 Å². The van der Waals surface area contributed by atoms with Gasteiger partial charge in [0.2, 0.25) is 0 Å². The van der Waals surface area contributed by atoms with Crippen molar-refractivity contribution in [2.45, 2.75) is 26.2 Å². The molecule has 1 rings (SSSR count). The van der Waals surface area contributed by atoms with E-state index in [9.17, 15) is 0 Å². The monoisotopic (exact) mass is 229 g/mol. The summed E-state index contributed by atoms with van der Waals surface area (Å²) in [6.07, 6.45) is 4.88. The highest BCUT2D eigenvalue weighted by Crippen LogP contribution is 2.15. The Morgan fingerprint density at radius 1 is 1.58 bits per heavy atom. The number of nitrogens with zero attached hydrogens (tertiary/aromatic N) is 2. The number of halogens is 1. The number of unbranched alkanes of at least 4 members (excludes halogenated alkanes) is 1. The number of aryl methyl sites for hydroxylation is 1. The van der Waals surface area contributed by atoms with Crippen molar-refractivity contribution in [1.82, 2.24) is 9.97 Å². The molecule has 66 valence electrons. The predicted molar refractivity (Wildman–Crippen MR) is 52.8 cm³/mol. The molecule has 0 saturated heterocycles. The fourth-order valence-corrected chi connectivity index (χ4v) is 1.07. The molecule has 12 heavy (non-hydrogen) atoms. The third-order valence-corrected chi connectivity index (χ3v) is 2.19. The first-order valence-corrected chi connectivity index (χ1v) is 4.80. The van der Waals surface area contributed by atoms with Gasteiger partial charge in [-0.1, -0.05) is 13.3 Å². The molecule has 1 aromatic heterocycles. The lowest BCUT2D eigenvalue weighted by atomic mass is 10.2. The Kier molecular flexibility index (Phi) is 3.47. The van der Waals surface area contributed by atoms with Gasteiger partial charge in [0.25, 0.3) is 0 Å². The van der Waals surface area contributed by atoms with Crippen molar-refractivity contribution in [2.24, 2.45) is 0 Å². The van der Waals surface area contributed by atoms with E-state index in [1.807, 2.05) is 0 Å². The lowest BCUT2D eigenvalue weighted by Crippen LogP contribution is -1.99. The van der Waals surface area contributed by atoms with Crippen LogP contribution >= 0.6 is 15.9 Å². The summed E-state index contributed by atoms with van der Waals surface area (Å²) >= 11 is 3.25. The van der Waals surface area contributed by atoms with E-state index in [4.69, 9.17) is 5.73 Å². The van der Waals surface area contributed by atoms with E-state index in [2.05, 4.69) is 32.8 Å². The van der Waals surface area contributed by atoms with Crippen LogP contribution in [0.1, 0.15) is 25.6 Å². The molecule has 0 amide bonds. The van der Waals surface area contributed by atoms with Crippen molar-refractivity contribution in [3.8, 4) is 0 Å². The first-order valence-electron chi connectivity index (χ1n) is 4.01. The zero-order chi connectivity index (χ0) is 8.97. The molecule has 0 spiro atoms. The number of hydrogen-bond donors (Lipinski definition) is 1. The minimum Gasteiger partial charge on any atom is -0.383 e. The summed E-state index contributed by atoms with van der Waals surface area (Å²) in [4.78, 5) is 8.27. The molecular formula is C8H12BrN3. The lowest BCUT2D eigenvalue weighted by Gasteiger charge is -2.00. The summed E-state index contributed by atoms with van der Waals surface area (Å²) in [6, 6.07) is 0. The zero-order valence-corrected chi connectivity index (χ0v) is 8.63. The van der Waals surface area contributed by atoms with Gasteiger partial charge in [-0.05, 0) is 22.4 Å². The zero-order valence-electron chi connectivity index (χ0n) is 7.05. The van der Waals surface area contributed by atoms with Crippen LogP contribution in [0.4, 0.5) is 5.82 Å². The van der Waals surface area contributed by atoms with E-state index >= 15 is 0 Å². The van der Waals surface area contributed by atoms with Crippen LogP contribution in [0.15, 0.2) is 10.7 Å². The van der Waals surface area contributed by atoms with Crippen molar-refractivity contribution >= 4 is 21.7 Å². The summed E-state index contributed by atoms with van der Waals surface area (Å²) in [5.41, 5.74) is 5.59. The molecule has 0 aliphatic rings. The SMILES string of the molecule is CCCCc1ncc(Br)c(N)n1. The smallest absolute Gasteiger partial charge is 0.141 e. The van der Waals surface area contributed by atoms with Gasteiger partial charge in [0, 0.05) is 12.6 Å². The predicted octanol–water partition coefficient (Wildman–Crippen LogP) is 2.16. The van der Waals surface area contributed by atoms with Gasteiger partial charge in [0.05, 0.1) is 4.47 Å². The molecule has 0 bridgehead atoms. The minimum atomic E-state index is 0.524. The molecule has 3 nitrogen and oxygen atoms in total. The van der Waals surface area contributed by atoms with Crippen LogP contribution in [-0.4, -0.2) is 9.97 Å². The van der Waals surface area contributed by atoms with Crippen LogP contribution in [0.3, 0.4) is 0 Å². The Morgan fingerprint density at radius 3 is 2.92 bits per heavy atom. The molecule has 0 aliphatic carbocycles. The minimum absolute atomic E-state index is 0.524. The largest absolute Gasteiger partial charge is 0.383 e. The van der Waals surface area contributed by atoms with E-state index in [1.54, 1.807) is 6.20 Å². The normalized spacial score (nSPS) is 10.2. The summed E-state index contributed by atoms with van der Waals surface area (Å²) in [7, 11) is 0. The molecule has 4 heteroatoms. The first kappa shape index (κ1) is 9.45. The average molecular weight is 230 g/mol. The molecule has 0 fully saturated rings. The van der Waals surface area contributed by atoms with E-state index in [1.165, 1.54) is 0 Å². The van der Waals surface area contributed by atoms with Crippen LogP contribution in [-0.2, 0) is 6.42 Å². The highest BCUT2D eigenvalue weighted by molar-refractivity contribution is 9.10. The highest BCUT2D eigenvalue weighted by Gasteiger charge is 1.99. The number of anilines is 1. The van der Waals surface area contributed by atoms with E-state index in [0.29, 0.717) is 5.82 Å². The number of hydrogen-bond acceptors (Lipinski definition) is 3. The molecule has 0 atom stereocenters. The van der Waals surface area contributed by atoms with Gasteiger partial charge in [-0.3, -0.25) is 0 Å². The van der Waals surface area contributed by atoms with Crippen molar-refractivity contribution in [1.29, 1.82) is 0 Å². The van der Waals surface area contributed by atoms with Gasteiger partial charge >= 0.3 is 0 Å². The van der Waals surface area contributed by atoms with Crippen LogP contribution in [0.2, 0.25) is 0 Å². The molecule has 0 saturated carbocycles. The fraction of sp³-hybridized carbons (Fsp3) is 0.500. The third-order valence-electron chi connectivity index (χ3n) is 1.58. The Hall–Kier alpha value is -0.640. The van der Waals surface area contributed by atoms with Crippen molar-refractivity contribution in [3.05, 3.63) is 16.5 Å². The molecular weight excluding hydrogens is 218 g/mol. The van der Waals surface area contributed by atoms with Gasteiger partial charge in [0.1, 0.15) is 11.6 Å². The maximum Gasteiger partial charge on any atom is 0.141 e. The molecule has 0 aromatic carbocycles. The van der Waals surface area contributed by atoms with Gasteiger partial charge in [-0.2, -0.15) is 0 Å². The van der Waals surface area contributed by atoms with Crippen LogP contribution in [0.25, 0.3) is 0 Å². The maximum absolute atomic E-state index is 5.59. The summed E-state index contributed by atoms with van der Waals surface area (Å²) in [6.45, 7) is 2.14. The summed E-state index contributed by atoms with van der Waals surface area (Å²) in [5.74, 6) is 1.36. The number of rotatable bonds is 3. The van der Waals surface area contributed by atoms with E-state index in [0.717, 1.165) is 29.6 Å². The standard InChI is InChI=1S/C8H12BrN3/c1-2-3-4-7-11-5-6(9)8(10)12-7/h5H,2-4H2,1H3,(H2,10,11,12). The van der Waals surface area contributed by atoms with Crippen molar-refractivity contribution in [2.75, 3.05) is 5.73 Å². The topological polar surface area (TPSA) is 51.8 Å². The van der Waals surface area contributed by atoms with E-state index < -0.39 is 0 Å². The van der Waals surface area contributed by atoms with Crippen LogP contribution in [0.5, 0.6) is 0 Å². The number of nitrogen functional groups attached to an aromatic ring is 1. The third kappa shape index (κ3) is 2.44. The molecule has 0 radical (unpaired) electrons. The maximum atomic E-state index is 5.59. The highest BCUT2D eigenvalue weighted by atomic mass is 79.9.